The van der Waals surface area contributed by atoms with Gasteiger partial charge >= 0.3 is 6.03 Å². The van der Waals surface area contributed by atoms with Gasteiger partial charge in [-0.15, -0.1) is 0 Å². The number of anilines is 2. The van der Waals surface area contributed by atoms with E-state index in [1.165, 1.54) is 0 Å². The zero-order chi connectivity index (χ0) is 17.7. The number of hydrogen-bond donors (Lipinski definition) is 3. The smallest absolute Gasteiger partial charge is 0.319 e. The number of nitrogens with zero attached hydrogens (tertiary/aromatic N) is 2. The van der Waals surface area contributed by atoms with Gasteiger partial charge in [0.2, 0.25) is 0 Å². The predicted molar refractivity (Wildman–Crippen MR) is 98.7 cm³/mol. The van der Waals surface area contributed by atoms with E-state index in [9.17, 15) is 9.90 Å². The molecule has 1 saturated heterocycles. The van der Waals surface area contributed by atoms with Crippen LogP contribution in [0.3, 0.4) is 0 Å². The number of nitrogens with one attached hydrogen (secondary N) is 2. The Balaban J connectivity index is 1.62. The molecule has 2 heterocycles. The Morgan fingerprint density at radius 1 is 1.20 bits per heavy atom. The minimum absolute atomic E-state index is 0.113. The lowest BCUT2D eigenvalue weighted by Crippen LogP contribution is -2.40. The molecule has 0 radical (unpaired) electrons. The monoisotopic (exact) mass is 340 g/mol. The summed E-state index contributed by atoms with van der Waals surface area (Å²) < 4.78 is 0. The summed E-state index contributed by atoms with van der Waals surface area (Å²) in [6.07, 6.45) is 4.02. The van der Waals surface area contributed by atoms with Gasteiger partial charge in [0, 0.05) is 19.3 Å². The van der Waals surface area contributed by atoms with Gasteiger partial charge < -0.3 is 20.6 Å². The summed E-state index contributed by atoms with van der Waals surface area (Å²) >= 11 is 0. The van der Waals surface area contributed by atoms with Crippen molar-refractivity contribution in [2.45, 2.75) is 25.4 Å². The minimum Gasteiger partial charge on any atom is -0.384 e. The van der Waals surface area contributed by atoms with Crippen molar-refractivity contribution in [3.8, 4) is 0 Å². The van der Waals surface area contributed by atoms with E-state index in [0.717, 1.165) is 37.3 Å². The van der Waals surface area contributed by atoms with Gasteiger partial charge in [-0.25, -0.2) is 9.78 Å². The molecular weight excluding hydrogens is 316 g/mol. The molecule has 3 rings (SSSR count). The van der Waals surface area contributed by atoms with Crippen LogP contribution in [0.4, 0.5) is 16.3 Å². The maximum absolute atomic E-state index is 12.3. The molecule has 0 saturated carbocycles. The summed E-state index contributed by atoms with van der Waals surface area (Å²) in [6.45, 7) is 3.70. The van der Waals surface area contributed by atoms with Crippen LogP contribution in [0.15, 0.2) is 48.7 Å². The van der Waals surface area contributed by atoms with E-state index in [-0.39, 0.29) is 12.6 Å². The number of hydrogen-bond acceptors (Lipinski definition) is 4. The number of aliphatic hydroxyl groups is 1. The third-order valence-corrected chi connectivity index (χ3v) is 4.43. The topological polar surface area (TPSA) is 77.5 Å². The van der Waals surface area contributed by atoms with E-state index < -0.39 is 5.60 Å². The highest BCUT2D eigenvalue weighted by Crippen LogP contribution is 2.26. The molecule has 1 fully saturated rings. The fourth-order valence-corrected chi connectivity index (χ4v) is 2.99. The summed E-state index contributed by atoms with van der Waals surface area (Å²) in [6, 6.07) is 12.6. The van der Waals surface area contributed by atoms with Crippen LogP contribution in [-0.4, -0.2) is 35.8 Å². The number of rotatable bonds is 5. The van der Waals surface area contributed by atoms with E-state index in [4.69, 9.17) is 0 Å². The van der Waals surface area contributed by atoms with Crippen LogP contribution >= 0.6 is 0 Å². The summed E-state index contributed by atoms with van der Waals surface area (Å²) in [5.74, 6) is 0.796. The molecule has 1 atom stereocenters. The summed E-state index contributed by atoms with van der Waals surface area (Å²) in [7, 11) is 0. The maximum Gasteiger partial charge on any atom is 0.319 e. The van der Waals surface area contributed by atoms with Gasteiger partial charge in [0.15, 0.2) is 5.82 Å². The molecule has 0 aliphatic carbocycles. The van der Waals surface area contributed by atoms with Crippen LogP contribution in [0, 0.1) is 0 Å². The molecular formula is C19H24N4O2. The Hall–Kier alpha value is -2.60. The van der Waals surface area contributed by atoms with Crippen LogP contribution in [0.5, 0.6) is 0 Å². The van der Waals surface area contributed by atoms with Gasteiger partial charge in [0.1, 0.15) is 5.60 Å². The molecule has 2 aromatic rings. The van der Waals surface area contributed by atoms with Crippen molar-refractivity contribution >= 4 is 17.5 Å². The third-order valence-electron chi connectivity index (χ3n) is 4.43. The second kappa shape index (κ2) is 7.53. The molecule has 1 unspecified atom stereocenters. The van der Waals surface area contributed by atoms with Crippen molar-refractivity contribution in [2.75, 3.05) is 29.9 Å². The summed E-state index contributed by atoms with van der Waals surface area (Å²) in [5.41, 5.74) is 0.307. The van der Waals surface area contributed by atoms with Gasteiger partial charge in [0.05, 0.1) is 12.2 Å². The largest absolute Gasteiger partial charge is 0.384 e. The van der Waals surface area contributed by atoms with Crippen LogP contribution in [0.2, 0.25) is 0 Å². The molecule has 1 aromatic heterocycles. The van der Waals surface area contributed by atoms with E-state index in [1.807, 2.05) is 36.4 Å². The van der Waals surface area contributed by atoms with Gasteiger partial charge in [-0.2, -0.15) is 0 Å². The van der Waals surface area contributed by atoms with Gasteiger partial charge in [-0.1, -0.05) is 30.3 Å². The number of aromatic nitrogens is 1. The zero-order valence-electron chi connectivity index (χ0n) is 14.4. The standard InChI is InChI=1S/C19H24N4O2/c1-19(25,15-8-3-2-4-9-15)14-21-18(24)22-16-10-7-11-20-17(16)23-12-5-6-13-23/h2-4,7-11,25H,5-6,12-14H2,1H3,(H2,21,22,24). The predicted octanol–water partition coefficient (Wildman–Crippen LogP) is 2.71. The van der Waals surface area contributed by atoms with Crippen molar-refractivity contribution in [3.63, 3.8) is 0 Å². The molecule has 6 heteroatoms. The number of pyridine rings is 1. The fourth-order valence-electron chi connectivity index (χ4n) is 2.99. The van der Waals surface area contributed by atoms with Crippen LogP contribution < -0.4 is 15.5 Å². The van der Waals surface area contributed by atoms with Crippen molar-refractivity contribution < 1.29 is 9.90 Å². The normalized spacial score (nSPS) is 16.3. The SMILES string of the molecule is CC(O)(CNC(=O)Nc1cccnc1N1CCCC1)c1ccccc1. The van der Waals surface area contributed by atoms with E-state index in [1.54, 1.807) is 19.2 Å². The molecule has 6 nitrogen and oxygen atoms in total. The lowest BCUT2D eigenvalue weighted by atomic mass is 9.96. The molecule has 25 heavy (non-hydrogen) atoms. The van der Waals surface area contributed by atoms with Gasteiger partial charge in [-0.3, -0.25) is 0 Å². The Labute approximate surface area is 147 Å². The van der Waals surface area contributed by atoms with E-state index in [2.05, 4.69) is 20.5 Å². The Morgan fingerprint density at radius 3 is 2.64 bits per heavy atom. The highest BCUT2D eigenvalue weighted by atomic mass is 16.3. The van der Waals surface area contributed by atoms with Crippen molar-refractivity contribution in [1.82, 2.24) is 10.3 Å². The molecule has 1 aromatic carbocycles. The van der Waals surface area contributed by atoms with Gasteiger partial charge in [0.25, 0.3) is 0 Å². The van der Waals surface area contributed by atoms with E-state index >= 15 is 0 Å². The Morgan fingerprint density at radius 2 is 1.92 bits per heavy atom. The molecule has 1 aliphatic heterocycles. The van der Waals surface area contributed by atoms with Crippen molar-refractivity contribution in [3.05, 3.63) is 54.2 Å². The van der Waals surface area contributed by atoms with Crippen molar-refractivity contribution in [1.29, 1.82) is 0 Å². The highest BCUT2D eigenvalue weighted by molar-refractivity contribution is 5.92. The van der Waals surface area contributed by atoms with Crippen LogP contribution in [-0.2, 0) is 5.60 Å². The zero-order valence-corrected chi connectivity index (χ0v) is 14.4. The first-order chi connectivity index (χ1) is 12.1. The number of urea groups is 1. The molecule has 2 amide bonds. The maximum atomic E-state index is 12.3. The second-order valence-electron chi connectivity index (χ2n) is 6.52. The highest BCUT2D eigenvalue weighted by Gasteiger charge is 2.24. The minimum atomic E-state index is -1.13. The van der Waals surface area contributed by atoms with E-state index in [0.29, 0.717) is 5.69 Å². The third kappa shape index (κ3) is 4.28. The van der Waals surface area contributed by atoms with Crippen molar-refractivity contribution in [2.24, 2.45) is 0 Å². The van der Waals surface area contributed by atoms with Crippen LogP contribution in [0.25, 0.3) is 0 Å². The molecule has 0 spiro atoms. The molecule has 132 valence electrons. The first kappa shape index (κ1) is 17.2. The number of carbonyl (C=O) groups is 1. The lowest BCUT2D eigenvalue weighted by molar-refractivity contribution is 0.0599. The Bertz CT molecular complexity index is 712. The summed E-state index contributed by atoms with van der Waals surface area (Å²) in [4.78, 5) is 18.9. The number of benzene rings is 1. The first-order valence-corrected chi connectivity index (χ1v) is 8.59. The summed E-state index contributed by atoms with van der Waals surface area (Å²) in [5, 5.41) is 16.2. The lowest BCUT2D eigenvalue weighted by Gasteiger charge is -2.25. The average molecular weight is 340 g/mol. The quantitative estimate of drug-likeness (QED) is 0.782. The average Bonchev–Trinajstić information content (AvgIpc) is 3.16. The second-order valence-corrected chi connectivity index (χ2v) is 6.52. The molecule has 0 bridgehead atoms. The number of amides is 2. The van der Waals surface area contributed by atoms with Crippen LogP contribution in [0.1, 0.15) is 25.3 Å². The van der Waals surface area contributed by atoms with Gasteiger partial charge in [-0.05, 0) is 37.5 Å². The molecule has 3 N–H and O–H groups in total. The Kier molecular flexibility index (Phi) is 5.19. The number of carbonyl (C=O) groups excluding carboxylic acids is 1. The first-order valence-electron chi connectivity index (χ1n) is 8.59. The molecule has 1 aliphatic rings. The fraction of sp³-hybridized carbons (Fsp3) is 0.368.